The van der Waals surface area contributed by atoms with Crippen LogP contribution in [0.3, 0.4) is 0 Å². The first-order valence-electron chi connectivity index (χ1n) is 10.1. The zero-order chi connectivity index (χ0) is 21.1. The molecule has 3 aliphatic rings. The number of aliphatic hydroxyl groups is 1. The van der Waals surface area contributed by atoms with Gasteiger partial charge in [-0.2, -0.15) is 0 Å². The normalized spacial score (nSPS) is 22.3. The maximum absolute atomic E-state index is 12.8. The van der Waals surface area contributed by atoms with Gasteiger partial charge in [0, 0.05) is 32.2 Å². The molecule has 1 unspecified atom stereocenters. The van der Waals surface area contributed by atoms with Crippen LogP contribution in [0.2, 0.25) is 0 Å². The topological polar surface area (TPSA) is 79.3 Å². The molecule has 3 aliphatic heterocycles. The Balaban J connectivity index is 1.39. The third kappa shape index (κ3) is 4.48. The summed E-state index contributed by atoms with van der Waals surface area (Å²) in [5.41, 5.74) is 0.830. The van der Waals surface area contributed by atoms with Gasteiger partial charge in [0.2, 0.25) is 12.7 Å². The number of carbonyl (C=O) groups excluding carboxylic acids is 2. The van der Waals surface area contributed by atoms with Gasteiger partial charge in [0.25, 0.3) is 5.91 Å². The molecule has 3 heterocycles. The van der Waals surface area contributed by atoms with E-state index in [1.54, 1.807) is 6.08 Å². The van der Waals surface area contributed by atoms with Crippen LogP contribution in [0, 0.1) is 0 Å². The van der Waals surface area contributed by atoms with Crippen molar-refractivity contribution >= 4 is 46.2 Å². The number of thiocarbonyl (C=S) groups is 1. The van der Waals surface area contributed by atoms with E-state index < -0.39 is 0 Å². The van der Waals surface area contributed by atoms with Crippen LogP contribution >= 0.6 is 24.0 Å². The molecule has 0 spiro atoms. The van der Waals surface area contributed by atoms with Gasteiger partial charge in [-0.25, -0.2) is 0 Å². The zero-order valence-corrected chi connectivity index (χ0v) is 18.2. The van der Waals surface area contributed by atoms with Crippen molar-refractivity contribution in [1.29, 1.82) is 0 Å². The van der Waals surface area contributed by atoms with Crippen LogP contribution in [0.1, 0.15) is 37.7 Å². The first-order valence-corrected chi connectivity index (χ1v) is 11.3. The van der Waals surface area contributed by atoms with Crippen LogP contribution in [0.5, 0.6) is 11.5 Å². The SMILES string of the molecule is O=C1/C(=C/c2ccc3c(c2)OCO3)SC(=S)N1CCC(=O)N1CCCCC1CCO. The van der Waals surface area contributed by atoms with Crippen LogP contribution in [0.25, 0.3) is 6.08 Å². The van der Waals surface area contributed by atoms with E-state index in [0.717, 1.165) is 24.8 Å². The highest BCUT2D eigenvalue weighted by Crippen LogP contribution is 2.36. The Morgan fingerprint density at radius 2 is 2.13 bits per heavy atom. The summed E-state index contributed by atoms with van der Waals surface area (Å²) in [6.45, 7) is 1.26. The largest absolute Gasteiger partial charge is 0.454 e. The summed E-state index contributed by atoms with van der Waals surface area (Å²) < 4.78 is 11.2. The molecule has 0 aromatic heterocycles. The average Bonchev–Trinajstić information content (AvgIpc) is 3.31. The van der Waals surface area contributed by atoms with Crippen LogP contribution in [-0.2, 0) is 9.59 Å². The molecule has 1 aromatic carbocycles. The fourth-order valence-corrected chi connectivity index (χ4v) is 5.28. The second kappa shape index (κ2) is 9.36. The van der Waals surface area contributed by atoms with Gasteiger partial charge in [-0.1, -0.05) is 30.0 Å². The van der Waals surface area contributed by atoms with Crippen molar-refractivity contribution in [3.05, 3.63) is 28.7 Å². The van der Waals surface area contributed by atoms with E-state index in [1.807, 2.05) is 23.1 Å². The minimum Gasteiger partial charge on any atom is -0.454 e. The number of rotatable bonds is 6. The van der Waals surface area contributed by atoms with Crippen LogP contribution < -0.4 is 9.47 Å². The van der Waals surface area contributed by atoms with Crippen molar-refractivity contribution in [1.82, 2.24) is 9.80 Å². The number of benzene rings is 1. The van der Waals surface area contributed by atoms with Crippen molar-refractivity contribution in [2.24, 2.45) is 0 Å². The van der Waals surface area contributed by atoms with E-state index in [2.05, 4.69) is 0 Å². The number of hydrogen-bond acceptors (Lipinski definition) is 7. The van der Waals surface area contributed by atoms with Gasteiger partial charge >= 0.3 is 0 Å². The third-order valence-electron chi connectivity index (χ3n) is 5.53. The lowest BCUT2D eigenvalue weighted by Crippen LogP contribution is -2.45. The van der Waals surface area contributed by atoms with Crippen LogP contribution in [0.15, 0.2) is 23.1 Å². The molecule has 1 atom stereocenters. The van der Waals surface area contributed by atoms with E-state index in [-0.39, 0.29) is 44.2 Å². The summed E-state index contributed by atoms with van der Waals surface area (Å²) in [5, 5.41) is 9.26. The molecule has 9 heteroatoms. The molecule has 2 amide bonds. The second-order valence-electron chi connectivity index (χ2n) is 7.45. The van der Waals surface area contributed by atoms with Gasteiger partial charge in [0.15, 0.2) is 11.5 Å². The predicted molar refractivity (Wildman–Crippen MR) is 118 cm³/mol. The van der Waals surface area contributed by atoms with Gasteiger partial charge in [0.05, 0.1) is 4.91 Å². The van der Waals surface area contributed by atoms with E-state index in [1.165, 1.54) is 16.7 Å². The number of carbonyl (C=O) groups is 2. The number of hydrogen-bond donors (Lipinski definition) is 1. The number of nitrogens with zero attached hydrogens (tertiary/aromatic N) is 2. The minimum absolute atomic E-state index is 0.0157. The lowest BCUT2D eigenvalue weighted by Gasteiger charge is -2.36. The van der Waals surface area contributed by atoms with Gasteiger partial charge in [-0.3, -0.25) is 14.5 Å². The number of thioether (sulfide) groups is 1. The number of ether oxygens (including phenoxy) is 2. The van der Waals surface area contributed by atoms with E-state index in [9.17, 15) is 14.7 Å². The van der Waals surface area contributed by atoms with Gasteiger partial charge in [-0.05, 0) is 49.5 Å². The molecule has 1 aromatic rings. The van der Waals surface area contributed by atoms with E-state index in [0.29, 0.717) is 33.7 Å². The smallest absolute Gasteiger partial charge is 0.266 e. The fraction of sp³-hybridized carbons (Fsp3) is 0.476. The predicted octanol–water partition coefficient (Wildman–Crippen LogP) is 2.77. The van der Waals surface area contributed by atoms with Crippen molar-refractivity contribution in [2.45, 2.75) is 38.1 Å². The lowest BCUT2D eigenvalue weighted by molar-refractivity contribution is -0.135. The van der Waals surface area contributed by atoms with Crippen molar-refractivity contribution in [3.63, 3.8) is 0 Å². The molecule has 2 fully saturated rings. The number of amides is 2. The maximum atomic E-state index is 12.8. The molecule has 160 valence electrons. The molecule has 0 bridgehead atoms. The Labute approximate surface area is 185 Å². The number of fused-ring (bicyclic) bond motifs is 1. The quantitative estimate of drug-likeness (QED) is 0.530. The number of likely N-dealkylation sites (tertiary alicyclic amines) is 1. The van der Waals surface area contributed by atoms with Crippen molar-refractivity contribution < 1.29 is 24.2 Å². The Morgan fingerprint density at radius 1 is 1.30 bits per heavy atom. The highest BCUT2D eigenvalue weighted by atomic mass is 32.2. The molecular weight excluding hydrogens is 424 g/mol. The molecule has 0 aliphatic carbocycles. The third-order valence-corrected chi connectivity index (χ3v) is 6.90. The standard InChI is InChI=1S/C21H24N2O5S2/c24-10-7-15-3-1-2-8-22(15)19(25)6-9-23-20(26)18(30-21(23)29)12-14-4-5-16-17(11-14)28-13-27-16/h4-5,11-12,15,24H,1-3,6-10,13H2/b18-12-. The highest BCUT2D eigenvalue weighted by molar-refractivity contribution is 8.26. The van der Waals surface area contributed by atoms with E-state index in [4.69, 9.17) is 21.7 Å². The Kier molecular flexibility index (Phi) is 6.60. The minimum atomic E-state index is -0.180. The summed E-state index contributed by atoms with van der Waals surface area (Å²) in [4.78, 5) is 29.5. The average molecular weight is 449 g/mol. The first-order chi connectivity index (χ1) is 14.6. The molecule has 1 N–H and O–H groups in total. The maximum Gasteiger partial charge on any atom is 0.266 e. The Hall–Kier alpha value is -2.10. The molecule has 4 rings (SSSR count). The zero-order valence-electron chi connectivity index (χ0n) is 16.5. The summed E-state index contributed by atoms with van der Waals surface area (Å²) in [6, 6.07) is 5.60. The molecule has 2 saturated heterocycles. The molecule has 7 nitrogen and oxygen atoms in total. The number of aliphatic hydroxyl groups excluding tert-OH is 1. The van der Waals surface area contributed by atoms with Crippen molar-refractivity contribution in [2.75, 3.05) is 26.5 Å². The van der Waals surface area contributed by atoms with E-state index >= 15 is 0 Å². The molecule has 30 heavy (non-hydrogen) atoms. The second-order valence-corrected chi connectivity index (χ2v) is 9.12. The first kappa shape index (κ1) is 21.1. The Bertz CT molecular complexity index is 886. The van der Waals surface area contributed by atoms with Crippen molar-refractivity contribution in [3.8, 4) is 11.5 Å². The molecule has 0 saturated carbocycles. The number of piperidine rings is 1. The molecule has 0 radical (unpaired) electrons. The van der Waals surface area contributed by atoms with Crippen LogP contribution in [0.4, 0.5) is 0 Å². The summed E-state index contributed by atoms with van der Waals surface area (Å²) >= 11 is 6.63. The fourth-order valence-electron chi connectivity index (χ4n) is 3.98. The van der Waals surface area contributed by atoms with Gasteiger partial charge in [-0.15, -0.1) is 0 Å². The Morgan fingerprint density at radius 3 is 2.97 bits per heavy atom. The summed E-state index contributed by atoms with van der Waals surface area (Å²) in [5.74, 6) is 1.18. The molecular formula is C21H24N2O5S2. The summed E-state index contributed by atoms with van der Waals surface area (Å²) in [7, 11) is 0. The van der Waals surface area contributed by atoms with Crippen LogP contribution in [-0.4, -0.2) is 63.6 Å². The highest BCUT2D eigenvalue weighted by Gasteiger charge is 2.33. The monoisotopic (exact) mass is 448 g/mol. The van der Waals surface area contributed by atoms with Gasteiger partial charge < -0.3 is 19.5 Å². The summed E-state index contributed by atoms with van der Waals surface area (Å²) in [6.07, 6.45) is 5.59. The van der Waals surface area contributed by atoms with Gasteiger partial charge in [0.1, 0.15) is 4.32 Å². The lowest BCUT2D eigenvalue weighted by atomic mass is 9.99.